The van der Waals surface area contributed by atoms with E-state index >= 15 is 0 Å². The van der Waals surface area contributed by atoms with Crippen molar-refractivity contribution >= 4 is 24.8 Å². The topological polar surface area (TPSA) is 38.0 Å². The second kappa shape index (κ2) is 10.5. The van der Waals surface area contributed by atoms with E-state index in [2.05, 4.69) is 5.32 Å². The Morgan fingerprint density at radius 3 is 1.88 bits per heavy atom. The average molecular weight is 161 g/mol. The number of hydrogen-bond donors (Lipinski definition) is 2. The predicted octanol–water partition coefficient (Wildman–Crippen LogP) is 0.397. The fourth-order valence-electron chi connectivity index (χ4n) is 0.322. The van der Waals surface area contributed by atoms with Crippen LogP contribution in [0, 0.1) is 0 Å². The van der Waals surface area contributed by atoms with Crippen molar-refractivity contribution in [1.29, 1.82) is 0 Å². The summed E-state index contributed by atoms with van der Waals surface area (Å²) in [6.07, 6.45) is 0. The van der Waals surface area contributed by atoms with Gasteiger partial charge in [-0.2, -0.15) is 0 Å². The van der Waals surface area contributed by atoms with Crippen LogP contribution < -0.4 is 11.1 Å². The summed E-state index contributed by atoms with van der Waals surface area (Å²) in [4.78, 5) is 0. The molecule has 0 radical (unpaired) electrons. The van der Waals surface area contributed by atoms with E-state index in [9.17, 15) is 0 Å². The number of nitrogens with two attached hydrogens (primary N) is 1. The monoisotopic (exact) mass is 160 g/mol. The summed E-state index contributed by atoms with van der Waals surface area (Å²) in [6.45, 7) is 2.87. The molecule has 3 N–H and O–H groups in total. The van der Waals surface area contributed by atoms with E-state index in [0.717, 1.165) is 6.54 Å². The Kier molecular flexibility index (Phi) is 20.7. The highest BCUT2D eigenvalue weighted by Crippen LogP contribution is 1.63. The summed E-state index contributed by atoms with van der Waals surface area (Å²) >= 11 is 0. The molecular weight excluding hydrogens is 147 g/mol. The molecule has 0 saturated carbocycles. The SMILES string of the molecule is CNC[C@@H](C)N.Cl.Cl. The third-order valence-electron chi connectivity index (χ3n) is 0.526. The normalized spacial score (nSPS) is 10.9. The van der Waals surface area contributed by atoms with Crippen molar-refractivity contribution in [3.05, 3.63) is 0 Å². The second-order valence-electron chi connectivity index (χ2n) is 1.53. The number of likely N-dealkylation sites (N-methyl/N-ethyl adjacent to an activating group) is 1. The lowest BCUT2D eigenvalue weighted by Gasteiger charge is -1.99. The van der Waals surface area contributed by atoms with Gasteiger partial charge in [0.2, 0.25) is 0 Å². The van der Waals surface area contributed by atoms with E-state index in [-0.39, 0.29) is 30.9 Å². The first-order chi connectivity index (χ1) is 2.77. The molecule has 0 fully saturated rings. The molecule has 0 bridgehead atoms. The Balaban J connectivity index is -0.000000125. The van der Waals surface area contributed by atoms with Crippen LogP contribution in [0.25, 0.3) is 0 Å². The van der Waals surface area contributed by atoms with Gasteiger partial charge in [0.25, 0.3) is 0 Å². The molecule has 0 aliphatic heterocycles. The molecule has 0 unspecified atom stereocenters. The first-order valence-electron chi connectivity index (χ1n) is 2.17. The van der Waals surface area contributed by atoms with E-state index in [1.54, 1.807) is 0 Å². The molecule has 54 valence electrons. The zero-order valence-electron chi connectivity index (χ0n) is 5.18. The maximum atomic E-state index is 5.34. The molecular formula is C4H14Cl2N2. The number of nitrogens with one attached hydrogen (secondary N) is 1. The molecule has 0 spiro atoms. The Bertz CT molecular complexity index is 33.2. The lowest BCUT2D eigenvalue weighted by Crippen LogP contribution is -2.28. The van der Waals surface area contributed by atoms with Crippen LogP contribution in [0.3, 0.4) is 0 Å². The molecule has 8 heavy (non-hydrogen) atoms. The summed E-state index contributed by atoms with van der Waals surface area (Å²) < 4.78 is 0. The van der Waals surface area contributed by atoms with Crippen molar-refractivity contribution in [2.75, 3.05) is 13.6 Å². The van der Waals surface area contributed by atoms with Crippen molar-refractivity contribution in [2.45, 2.75) is 13.0 Å². The number of halogens is 2. The van der Waals surface area contributed by atoms with Crippen LogP contribution >= 0.6 is 24.8 Å². The van der Waals surface area contributed by atoms with Crippen LogP contribution in [-0.2, 0) is 0 Å². The molecule has 1 atom stereocenters. The standard InChI is InChI=1S/C4H12N2.2ClH/c1-4(5)3-6-2;;/h4,6H,3,5H2,1-2H3;2*1H/t4-;;/m1../s1. The van der Waals surface area contributed by atoms with Gasteiger partial charge in [0.05, 0.1) is 0 Å². The lowest BCUT2D eigenvalue weighted by molar-refractivity contribution is 0.666. The fraction of sp³-hybridized carbons (Fsp3) is 1.00. The largest absolute Gasteiger partial charge is 0.327 e. The predicted molar refractivity (Wildman–Crippen MR) is 42.1 cm³/mol. The zero-order valence-corrected chi connectivity index (χ0v) is 6.81. The van der Waals surface area contributed by atoms with Crippen molar-refractivity contribution in [3.63, 3.8) is 0 Å². The Morgan fingerprint density at radius 2 is 1.88 bits per heavy atom. The lowest BCUT2D eigenvalue weighted by atomic mass is 10.4. The van der Waals surface area contributed by atoms with Gasteiger partial charge >= 0.3 is 0 Å². The highest BCUT2D eigenvalue weighted by molar-refractivity contribution is 5.85. The number of rotatable bonds is 2. The Morgan fingerprint density at radius 1 is 1.50 bits per heavy atom. The minimum atomic E-state index is 0. The smallest absolute Gasteiger partial charge is 0.0136 e. The van der Waals surface area contributed by atoms with Gasteiger partial charge in [-0.25, -0.2) is 0 Å². The highest BCUT2D eigenvalue weighted by Gasteiger charge is 1.84. The van der Waals surface area contributed by atoms with Crippen LogP contribution in [0.2, 0.25) is 0 Å². The highest BCUT2D eigenvalue weighted by atomic mass is 35.5. The van der Waals surface area contributed by atoms with Gasteiger partial charge in [-0.15, -0.1) is 24.8 Å². The van der Waals surface area contributed by atoms with Crippen LogP contribution in [0.4, 0.5) is 0 Å². The van der Waals surface area contributed by atoms with E-state index in [0.29, 0.717) is 0 Å². The minimum absolute atomic E-state index is 0. The van der Waals surface area contributed by atoms with Gasteiger partial charge in [0.1, 0.15) is 0 Å². The molecule has 2 nitrogen and oxygen atoms in total. The van der Waals surface area contributed by atoms with Crippen LogP contribution in [0.1, 0.15) is 6.92 Å². The Labute approximate surface area is 63.0 Å². The molecule has 0 saturated heterocycles. The zero-order chi connectivity index (χ0) is 4.99. The molecule has 0 rings (SSSR count). The molecule has 0 amide bonds. The minimum Gasteiger partial charge on any atom is -0.327 e. The average Bonchev–Trinajstić information content (AvgIpc) is 1.35. The van der Waals surface area contributed by atoms with Gasteiger partial charge in [-0.05, 0) is 14.0 Å². The Hall–Kier alpha value is 0.500. The maximum Gasteiger partial charge on any atom is 0.0136 e. The van der Waals surface area contributed by atoms with Crippen molar-refractivity contribution < 1.29 is 0 Å². The molecule has 4 heteroatoms. The molecule has 0 heterocycles. The maximum absolute atomic E-state index is 5.34. The quantitative estimate of drug-likeness (QED) is 0.615. The van der Waals surface area contributed by atoms with Crippen molar-refractivity contribution in [2.24, 2.45) is 5.73 Å². The molecule has 0 aromatic heterocycles. The summed E-state index contributed by atoms with van der Waals surface area (Å²) in [5, 5.41) is 2.94. The third kappa shape index (κ3) is 16.1. The second-order valence-corrected chi connectivity index (χ2v) is 1.53. The van der Waals surface area contributed by atoms with Gasteiger partial charge in [-0.3, -0.25) is 0 Å². The molecule has 0 aliphatic carbocycles. The molecule has 0 aliphatic rings. The molecule has 0 aromatic rings. The van der Waals surface area contributed by atoms with Crippen LogP contribution in [-0.4, -0.2) is 19.6 Å². The first-order valence-corrected chi connectivity index (χ1v) is 2.17. The van der Waals surface area contributed by atoms with Crippen LogP contribution in [0.15, 0.2) is 0 Å². The van der Waals surface area contributed by atoms with E-state index in [1.807, 2.05) is 14.0 Å². The molecule has 0 aromatic carbocycles. The van der Waals surface area contributed by atoms with E-state index < -0.39 is 0 Å². The van der Waals surface area contributed by atoms with E-state index in [4.69, 9.17) is 5.73 Å². The van der Waals surface area contributed by atoms with Gasteiger partial charge in [-0.1, -0.05) is 0 Å². The number of hydrogen-bond acceptors (Lipinski definition) is 2. The first kappa shape index (κ1) is 15.8. The van der Waals surface area contributed by atoms with Crippen LogP contribution in [0.5, 0.6) is 0 Å². The van der Waals surface area contributed by atoms with Gasteiger partial charge < -0.3 is 11.1 Å². The van der Waals surface area contributed by atoms with Crippen molar-refractivity contribution in [1.82, 2.24) is 5.32 Å². The van der Waals surface area contributed by atoms with Gasteiger partial charge in [0.15, 0.2) is 0 Å². The third-order valence-corrected chi connectivity index (χ3v) is 0.526. The summed E-state index contributed by atoms with van der Waals surface area (Å²) in [5.41, 5.74) is 5.34. The van der Waals surface area contributed by atoms with Crippen molar-refractivity contribution in [3.8, 4) is 0 Å². The summed E-state index contributed by atoms with van der Waals surface area (Å²) in [6, 6.07) is 0.287. The summed E-state index contributed by atoms with van der Waals surface area (Å²) in [7, 11) is 1.89. The van der Waals surface area contributed by atoms with Gasteiger partial charge in [0, 0.05) is 12.6 Å². The summed E-state index contributed by atoms with van der Waals surface area (Å²) in [5.74, 6) is 0. The fourth-order valence-corrected chi connectivity index (χ4v) is 0.322. The van der Waals surface area contributed by atoms with E-state index in [1.165, 1.54) is 0 Å².